The molecular formula is C14H24N4O2. The number of nitrogens with zero attached hydrogens (tertiary/aromatic N) is 3. The van der Waals surface area contributed by atoms with Crippen molar-refractivity contribution in [1.29, 1.82) is 0 Å². The highest BCUT2D eigenvalue weighted by molar-refractivity contribution is 5.84. The highest BCUT2D eigenvalue weighted by Gasteiger charge is 2.12. The average molecular weight is 280 g/mol. The molecule has 0 radical (unpaired) electrons. The van der Waals surface area contributed by atoms with Gasteiger partial charge in [-0.25, -0.2) is 14.8 Å². The van der Waals surface area contributed by atoms with Gasteiger partial charge in [0.1, 0.15) is 5.82 Å². The van der Waals surface area contributed by atoms with Crippen LogP contribution in [0.25, 0.3) is 0 Å². The molecule has 2 N–H and O–H groups in total. The van der Waals surface area contributed by atoms with Crippen molar-refractivity contribution in [3.63, 3.8) is 0 Å². The van der Waals surface area contributed by atoms with Gasteiger partial charge in [-0.05, 0) is 34.1 Å². The largest absolute Gasteiger partial charge is 0.476 e. The van der Waals surface area contributed by atoms with Crippen molar-refractivity contribution in [2.75, 3.05) is 18.4 Å². The highest BCUT2D eigenvalue weighted by Crippen LogP contribution is 2.06. The number of aromatic nitrogens is 2. The van der Waals surface area contributed by atoms with Crippen molar-refractivity contribution in [3.05, 3.63) is 18.1 Å². The Bertz CT molecular complexity index is 410. The number of rotatable bonds is 8. The first kappa shape index (κ1) is 16.4. The zero-order chi connectivity index (χ0) is 15.1. The van der Waals surface area contributed by atoms with Gasteiger partial charge in [0.15, 0.2) is 5.69 Å². The van der Waals surface area contributed by atoms with Gasteiger partial charge < -0.3 is 10.4 Å². The van der Waals surface area contributed by atoms with E-state index in [-0.39, 0.29) is 5.69 Å². The predicted octanol–water partition coefficient (Wildman–Crippen LogP) is 2.10. The van der Waals surface area contributed by atoms with E-state index in [4.69, 9.17) is 5.11 Å². The van der Waals surface area contributed by atoms with Crippen LogP contribution in [0.5, 0.6) is 0 Å². The molecule has 0 saturated carbocycles. The number of carboxylic acid groups (broad SMARTS) is 1. The first-order valence-corrected chi connectivity index (χ1v) is 6.96. The number of carbonyl (C=O) groups is 1. The molecule has 0 fully saturated rings. The minimum atomic E-state index is -1.06. The molecule has 0 aromatic carbocycles. The molecule has 20 heavy (non-hydrogen) atoms. The minimum Gasteiger partial charge on any atom is -0.476 e. The van der Waals surface area contributed by atoms with Crippen molar-refractivity contribution in [3.8, 4) is 0 Å². The fourth-order valence-corrected chi connectivity index (χ4v) is 2.12. The molecule has 0 aliphatic heterocycles. The lowest BCUT2D eigenvalue weighted by Crippen LogP contribution is -2.38. The summed E-state index contributed by atoms with van der Waals surface area (Å²) in [6.45, 7) is 10.6. The van der Waals surface area contributed by atoms with Crippen molar-refractivity contribution >= 4 is 11.8 Å². The molecule has 0 aliphatic rings. The molecule has 0 bridgehead atoms. The van der Waals surface area contributed by atoms with Crippen LogP contribution in [-0.2, 0) is 0 Å². The summed E-state index contributed by atoms with van der Waals surface area (Å²) in [4.78, 5) is 20.9. The van der Waals surface area contributed by atoms with Gasteiger partial charge in [-0.1, -0.05) is 0 Å². The zero-order valence-corrected chi connectivity index (χ0v) is 12.6. The van der Waals surface area contributed by atoms with Crippen LogP contribution in [0, 0.1) is 0 Å². The number of hydrogen-bond acceptors (Lipinski definition) is 5. The molecule has 6 heteroatoms. The Balaban J connectivity index is 2.35. The van der Waals surface area contributed by atoms with Crippen LogP contribution in [0.3, 0.4) is 0 Å². The van der Waals surface area contributed by atoms with E-state index >= 15 is 0 Å². The second-order valence-corrected chi connectivity index (χ2v) is 5.30. The van der Waals surface area contributed by atoms with Crippen LogP contribution in [-0.4, -0.2) is 51.1 Å². The van der Waals surface area contributed by atoms with E-state index in [1.54, 1.807) is 0 Å². The molecule has 0 saturated heterocycles. The molecule has 0 spiro atoms. The van der Waals surface area contributed by atoms with E-state index in [9.17, 15) is 4.79 Å². The van der Waals surface area contributed by atoms with Gasteiger partial charge in [0.25, 0.3) is 0 Å². The van der Waals surface area contributed by atoms with Gasteiger partial charge in [-0.15, -0.1) is 0 Å². The molecule has 1 rings (SSSR count). The summed E-state index contributed by atoms with van der Waals surface area (Å²) in [5.41, 5.74) is -0.0404. The molecule has 0 aliphatic carbocycles. The maximum atomic E-state index is 10.6. The zero-order valence-electron chi connectivity index (χ0n) is 12.6. The van der Waals surface area contributed by atoms with Gasteiger partial charge in [0.05, 0.1) is 12.4 Å². The fourth-order valence-electron chi connectivity index (χ4n) is 2.12. The van der Waals surface area contributed by atoms with Crippen LogP contribution in [0.1, 0.15) is 44.6 Å². The summed E-state index contributed by atoms with van der Waals surface area (Å²) in [5, 5.41) is 11.9. The van der Waals surface area contributed by atoms with Crippen LogP contribution in [0.2, 0.25) is 0 Å². The monoisotopic (exact) mass is 280 g/mol. The molecular weight excluding hydrogens is 256 g/mol. The first-order valence-electron chi connectivity index (χ1n) is 6.96. The Morgan fingerprint density at radius 2 is 1.90 bits per heavy atom. The Morgan fingerprint density at radius 3 is 2.35 bits per heavy atom. The summed E-state index contributed by atoms with van der Waals surface area (Å²) in [5.74, 6) is -0.454. The van der Waals surface area contributed by atoms with Crippen LogP contribution >= 0.6 is 0 Å². The lowest BCUT2D eigenvalue weighted by atomic mass is 10.2. The number of anilines is 1. The van der Waals surface area contributed by atoms with Gasteiger partial charge in [0.2, 0.25) is 0 Å². The van der Waals surface area contributed by atoms with Crippen molar-refractivity contribution in [2.24, 2.45) is 0 Å². The van der Waals surface area contributed by atoms with Gasteiger partial charge in [-0.3, -0.25) is 4.90 Å². The quantitative estimate of drug-likeness (QED) is 0.710. The Morgan fingerprint density at radius 1 is 1.25 bits per heavy atom. The number of nitrogens with one attached hydrogen (secondary N) is 1. The van der Waals surface area contributed by atoms with Crippen molar-refractivity contribution in [1.82, 2.24) is 14.9 Å². The molecule has 0 atom stereocenters. The van der Waals surface area contributed by atoms with E-state index in [2.05, 4.69) is 47.9 Å². The van der Waals surface area contributed by atoms with Crippen LogP contribution < -0.4 is 5.32 Å². The third-order valence-corrected chi connectivity index (χ3v) is 3.10. The Labute approximate surface area is 120 Å². The maximum Gasteiger partial charge on any atom is 0.356 e. The molecule has 1 aromatic rings. The standard InChI is InChI=1S/C14H24N4O2/c1-10(2)18(11(3)4)7-5-6-15-13-9-16-12(8-17-13)14(19)20/h8-11H,5-7H2,1-4H3,(H,15,17)(H,19,20). The average Bonchev–Trinajstić information content (AvgIpc) is 2.38. The summed E-state index contributed by atoms with van der Waals surface area (Å²) in [6.07, 6.45) is 3.71. The summed E-state index contributed by atoms with van der Waals surface area (Å²) >= 11 is 0. The molecule has 1 heterocycles. The Kier molecular flexibility index (Phi) is 6.38. The topological polar surface area (TPSA) is 78.4 Å². The van der Waals surface area contributed by atoms with Crippen molar-refractivity contribution < 1.29 is 9.90 Å². The van der Waals surface area contributed by atoms with E-state index in [1.165, 1.54) is 12.4 Å². The summed E-state index contributed by atoms with van der Waals surface area (Å²) < 4.78 is 0. The third-order valence-electron chi connectivity index (χ3n) is 3.10. The lowest BCUT2D eigenvalue weighted by Gasteiger charge is -2.30. The lowest BCUT2D eigenvalue weighted by molar-refractivity contribution is 0.0690. The third kappa shape index (κ3) is 5.13. The summed E-state index contributed by atoms with van der Waals surface area (Å²) in [6, 6.07) is 1.06. The molecule has 1 aromatic heterocycles. The van der Waals surface area contributed by atoms with E-state index in [0.29, 0.717) is 17.9 Å². The van der Waals surface area contributed by atoms with Crippen molar-refractivity contribution in [2.45, 2.75) is 46.2 Å². The van der Waals surface area contributed by atoms with Gasteiger partial charge in [0, 0.05) is 25.2 Å². The minimum absolute atomic E-state index is 0.0404. The maximum absolute atomic E-state index is 10.6. The second-order valence-electron chi connectivity index (χ2n) is 5.30. The second kappa shape index (κ2) is 7.79. The smallest absolute Gasteiger partial charge is 0.356 e. The number of carboxylic acids is 1. The van der Waals surface area contributed by atoms with E-state index in [0.717, 1.165) is 19.5 Å². The molecule has 0 amide bonds. The molecule has 0 unspecified atom stereocenters. The highest BCUT2D eigenvalue weighted by atomic mass is 16.4. The first-order chi connectivity index (χ1) is 9.41. The number of aromatic carboxylic acids is 1. The predicted molar refractivity (Wildman–Crippen MR) is 79.1 cm³/mol. The molecule has 112 valence electrons. The normalized spacial score (nSPS) is 11.3. The van der Waals surface area contributed by atoms with Crippen LogP contribution in [0.4, 0.5) is 5.82 Å². The molecule has 6 nitrogen and oxygen atoms in total. The van der Waals surface area contributed by atoms with E-state index < -0.39 is 5.97 Å². The SMILES string of the molecule is CC(C)N(CCCNc1cnc(C(=O)O)cn1)C(C)C. The van der Waals surface area contributed by atoms with Gasteiger partial charge >= 0.3 is 5.97 Å². The van der Waals surface area contributed by atoms with Gasteiger partial charge in [-0.2, -0.15) is 0 Å². The Hall–Kier alpha value is -1.69. The summed E-state index contributed by atoms with van der Waals surface area (Å²) in [7, 11) is 0. The number of hydrogen-bond donors (Lipinski definition) is 2. The fraction of sp³-hybridized carbons (Fsp3) is 0.643. The van der Waals surface area contributed by atoms with Crippen LogP contribution in [0.15, 0.2) is 12.4 Å². The van der Waals surface area contributed by atoms with E-state index in [1.807, 2.05) is 0 Å².